The Kier molecular flexibility index (Phi) is 5.43. The second kappa shape index (κ2) is 8.32. The first kappa shape index (κ1) is 19.6. The molecule has 30 heavy (non-hydrogen) atoms. The van der Waals surface area contributed by atoms with Gasteiger partial charge in [0.05, 0.1) is 5.56 Å². The van der Waals surface area contributed by atoms with Crippen LogP contribution in [-0.2, 0) is 12.8 Å². The predicted octanol–water partition coefficient (Wildman–Crippen LogP) is 3.39. The first-order valence-electron chi connectivity index (χ1n) is 9.67. The number of fused-ring (bicyclic) bond motifs is 1. The fraction of sp³-hybridized carbons (Fsp3) is 0.174. The number of pyridine rings is 1. The molecule has 0 atom stereocenters. The van der Waals surface area contributed by atoms with E-state index >= 15 is 0 Å². The van der Waals surface area contributed by atoms with Gasteiger partial charge in [-0.3, -0.25) is 9.59 Å². The lowest BCUT2D eigenvalue weighted by molar-refractivity contribution is 0.0958. The van der Waals surface area contributed by atoms with E-state index in [0.29, 0.717) is 17.8 Å². The highest BCUT2D eigenvalue weighted by Crippen LogP contribution is 2.26. The largest absolute Gasteiger partial charge is 0.384 e. The molecule has 2 amide bonds. The van der Waals surface area contributed by atoms with Crippen molar-refractivity contribution in [3.63, 3.8) is 0 Å². The van der Waals surface area contributed by atoms with Gasteiger partial charge in [0, 0.05) is 31.0 Å². The Morgan fingerprint density at radius 3 is 2.73 bits per heavy atom. The van der Waals surface area contributed by atoms with Crippen LogP contribution in [0, 0.1) is 5.82 Å². The SMILES string of the molecule is CNC(=O)c1cc(Cc2ccnc(NC(=O)c3cccc4c3CCN4)c2)ccc1F. The third-order valence-electron chi connectivity index (χ3n) is 5.09. The van der Waals surface area contributed by atoms with Gasteiger partial charge in [-0.1, -0.05) is 12.1 Å². The summed E-state index contributed by atoms with van der Waals surface area (Å²) in [7, 11) is 1.46. The highest BCUT2D eigenvalue weighted by atomic mass is 19.1. The van der Waals surface area contributed by atoms with Crippen LogP contribution in [-0.4, -0.2) is 30.4 Å². The van der Waals surface area contributed by atoms with E-state index in [1.807, 2.05) is 24.3 Å². The monoisotopic (exact) mass is 404 g/mol. The van der Waals surface area contributed by atoms with E-state index in [9.17, 15) is 14.0 Å². The normalized spacial score (nSPS) is 12.1. The first-order valence-corrected chi connectivity index (χ1v) is 9.67. The number of carbonyl (C=O) groups excluding carboxylic acids is 2. The molecule has 7 heteroatoms. The highest BCUT2D eigenvalue weighted by Gasteiger charge is 2.19. The van der Waals surface area contributed by atoms with Crippen LogP contribution in [0.3, 0.4) is 0 Å². The van der Waals surface area contributed by atoms with Crippen molar-refractivity contribution in [1.82, 2.24) is 10.3 Å². The Bertz CT molecular complexity index is 1130. The van der Waals surface area contributed by atoms with E-state index in [0.717, 1.165) is 35.3 Å². The Labute approximate surface area is 173 Å². The summed E-state index contributed by atoms with van der Waals surface area (Å²) in [6.07, 6.45) is 2.90. The Morgan fingerprint density at radius 1 is 1.07 bits per heavy atom. The van der Waals surface area contributed by atoms with E-state index in [4.69, 9.17) is 0 Å². The number of nitrogens with zero attached hydrogens (tertiary/aromatic N) is 1. The molecule has 6 nitrogen and oxygen atoms in total. The predicted molar refractivity (Wildman–Crippen MR) is 113 cm³/mol. The van der Waals surface area contributed by atoms with E-state index in [-0.39, 0.29) is 11.5 Å². The number of anilines is 2. The minimum atomic E-state index is -0.564. The molecule has 1 aliphatic rings. The number of carbonyl (C=O) groups is 2. The fourth-order valence-corrected chi connectivity index (χ4v) is 3.62. The molecule has 0 aliphatic carbocycles. The maximum Gasteiger partial charge on any atom is 0.257 e. The molecule has 0 saturated heterocycles. The Balaban J connectivity index is 1.52. The number of hydrogen-bond donors (Lipinski definition) is 3. The molecule has 0 unspecified atom stereocenters. The average molecular weight is 404 g/mol. The molecule has 0 bridgehead atoms. The van der Waals surface area contributed by atoms with Crippen molar-refractivity contribution in [2.45, 2.75) is 12.8 Å². The summed E-state index contributed by atoms with van der Waals surface area (Å²) in [5.41, 5.74) is 4.31. The van der Waals surface area contributed by atoms with Gasteiger partial charge in [-0.15, -0.1) is 0 Å². The van der Waals surface area contributed by atoms with Crippen molar-refractivity contribution in [2.24, 2.45) is 0 Å². The van der Waals surface area contributed by atoms with Crippen molar-refractivity contribution >= 4 is 23.3 Å². The summed E-state index contributed by atoms with van der Waals surface area (Å²) in [5, 5.41) is 8.56. The van der Waals surface area contributed by atoms with Crippen molar-refractivity contribution in [2.75, 3.05) is 24.2 Å². The van der Waals surface area contributed by atoms with Crippen LogP contribution in [0.15, 0.2) is 54.7 Å². The Morgan fingerprint density at radius 2 is 1.90 bits per heavy atom. The number of aromatic nitrogens is 1. The zero-order valence-electron chi connectivity index (χ0n) is 16.5. The van der Waals surface area contributed by atoms with Crippen LogP contribution >= 0.6 is 0 Å². The van der Waals surface area contributed by atoms with Gasteiger partial charge in [-0.2, -0.15) is 0 Å². The summed E-state index contributed by atoms with van der Waals surface area (Å²) < 4.78 is 13.9. The molecular weight excluding hydrogens is 383 g/mol. The van der Waals surface area contributed by atoms with Gasteiger partial charge in [-0.05, 0) is 65.9 Å². The second-order valence-electron chi connectivity index (χ2n) is 7.08. The van der Waals surface area contributed by atoms with Crippen molar-refractivity contribution < 1.29 is 14.0 Å². The zero-order chi connectivity index (χ0) is 21.1. The Hall–Kier alpha value is -3.74. The molecule has 0 radical (unpaired) electrons. The quantitative estimate of drug-likeness (QED) is 0.609. The lowest BCUT2D eigenvalue weighted by atomic mass is 10.0. The summed E-state index contributed by atoms with van der Waals surface area (Å²) >= 11 is 0. The average Bonchev–Trinajstić information content (AvgIpc) is 3.23. The zero-order valence-corrected chi connectivity index (χ0v) is 16.5. The van der Waals surface area contributed by atoms with Gasteiger partial charge < -0.3 is 16.0 Å². The van der Waals surface area contributed by atoms with E-state index in [1.165, 1.54) is 19.2 Å². The maximum atomic E-state index is 13.9. The van der Waals surface area contributed by atoms with Gasteiger partial charge in [0.25, 0.3) is 11.8 Å². The number of hydrogen-bond acceptors (Lipinski definition) is 4. The van der Waals surface area contributed by atoms with Gasteiger partial charge >= 0.3 is 0 Å². The number of halogens is 1. The lowest BCUT2D eigenvalue weighted by Gasteiger charge is -2.10. The number of amides is 2. The molecule has 152 valence electrons. The van der Waals surface area contributed by atoms with E-state index in [2.05, 4.69) is 20.9 Å². The molecule has 0 fully saturated rings. The van der Waals surface area contributed by atoms with Gasteiger partial charge in [-0.25, -0.2) is 9.37 Å². The minimum Gasteiger partial charge on any atom is -0.384 e. The third-order valence-corrected chi connectivity index (χ3v) is 5.09. The van der Waals surface area contributed by atoms with Crippen LogP contribution in [0.5, 0.6) is 0 Å². The molecule has 3 aromatic rings. The number of nitrogens with one attached hydrogen (secondary N) is 3. The summed E-state index contributed by atoms with van der Waals surface area (Å²) in [5.74, 6) is -0.800. The first-order chi connectivity index (χ1) is 14.5. The molecule has 1 aromatic heterocycles. The summed E-state index contributed by atoms with van der Waals surface area (Å²) in [4.78, 5) is 28.8. The van der Waals surface area contributed by atoms with Crippen LogP contribution in [0.2, 0.25) is 0 Å². The van der Waals surface area contributed by atoms with Crippen molar-refractivity contribution in [3.8, 4) is 0 Å². The highest BCUT2D eigenvalue weighted by molar-refractivity contribution is 6.06. The molecule has 3 N–H and O–H groups in total. The molecule has 1 aliphatic heterocycles. The number of benzene rings is 2. The van der Waals surface area contributed by atoms with Gasteiger partial charge in [0.15, 0.2) is 0 Å². The van der Waals surface area contributed by atoms with Gasteiger partial charge in [0.2, 0.25) is 0 Å². The smallest absolute Gasteiger partial charge is 0.257 e. The molecule has 2 aromatic carbocycles. The number of rotatable bonds is 5. The van der Waals surface area contributed by atoms with Crippen LogP contribution in [0.25, 0.3) is 0 Å². The molecule has 2 heterocycles. The van der Waals surface area contributed by atoms with Gasteiger partial charge in [0.1, 0.15) is 11.6 Å². The van der Waals surface area contributed by atoms with E-state index in [1.54, 1.807) is 18.3 Å². The molecule has 0 spiro atoms. The van der Waals surface area contributed by atoms with Crippen molar-refractivity contribution in [3.05, 3.63) is 88.4 Å². The minimum absolute atomic E-state index is 0.00382. The van der Waals surface area contributed by atoms with Crippen molar-refractivity contribution in [1.29, 1.82) is 0 Å². The van der Waals surface area contributed by atoms with Crippen LogP contribution in [0.1, 0.15) is 37.4 Å². The standard InChI is InChI=1S/C23H21FN4O2/c1-25-22(29)18-12-14(5-6-19(18)24)11-15-7-9-27-21(13-15)28-23(30)17-3-2-4-20-16(17)8-10-26-20/h2-7,9,12-13,26H,8,10-11H2,1H3,(H,25,29)(H,27,28,30). The van der Waals surface area contributed by atoms with E-state index < -0.39 is 11.7 Å². The maximum absolute atomic E-state index is 13.9. The van der Waals surface area contributed by atoms with Crippen LogP contribution < -0.4 is 16.0 Å². The molecular formula is C23H21FN4O2. The third kappa shape index (κ3) is 4.00. The fourth-order valence-electron chi connectivity index (χ4n) is 3.62. The second-order valence-corrected chi connectivity index (χ2v) is 7.08. The topological polar surface area (TPSA) is 83.1 Å². The molecule has 4 rings (SSSR count). The summed E-state index contributed by atoms with van der Waals surface area (Å²) in [6, 6.07) is 13.7. The summed E-state index contributed by atoms with van der Waals surface area (Å²) in [6.45, 7) is 0.822. The lowest BCUT2D eigenvalue weighted by Crippen LogP contribution is -2.19. The van der Waals surface area contributed by atoms with Crippen LogP contribution in [0.4, 0.5) is 15.9 Å². The molecule has 0 saturated carbocycles.